The molecule has 6 nitrogen and oxygen atoms in total. The van der Waals surface area contributed by atoms with Gasteiger partial charge >= 0.3 is 0 Å². The number of halogens is 1. The fraction of sp³-hybridized carbons (Fsp3) is 0.0909. The maximum absolute atomic E-state index is 12.9. The van der Waals surface area contributed by atoms with Gasteiger partial charge in [0, 0.05) is 10.7 Å². The molecule has 0 aliphatic carbocycles. The Morgan fingerprint density at radius 3 is 1.97 bits per heavy atom. The van der Waals surface area contributed by atoms with Crippen molar-refractivity contribution >= 4 is 50.0 Å². The summed E-state index contributed by atoms with van der Waals surface area (Å²) in [7, 11) is -3.88. The van der Waals surface area contributed by atoms with Gasteiger partial charge in [0.15, 0.2) is 11.6 Å². The Kier molecular flexibility index (Phi) is 5.32. The quantitative estimate of drug-likeness (QED) is 0.433. The zero-order valence-electron chi connectivity index (χ0n) is 16.3. The van der Waals surface area contributed by atoms with Gasteiger partial charge in [-0.1, -0.05) is 29.8 Å². The molecule has 0 aliphatic heterocycles. The van der Waals surface area contributed by atoms with Crippen molar-refractivity contribution in [1.82, 2.24) is 9.97 Å². The van der Waals surface area contributed by atoms with E-state index in [0.29, 0.717) is 21.9 Å². The third kappa shape index (κ3) is 4.37. The molecule has 3 aromatic carbocycles. The van der Waals surface area contributed by atoms with Crippen molar-refractivity contribution in [3.63, 3.8) is 0 Å². The minimum absolute atomic E-state index is 0.0826. The summed E-state index contributed by atoms with van der Waals surface area (Å²) in [6.45, 7) is 3.99. The summed E-state index contributed by atoms with van der Waals surface area (Å²) in [5, 5.41) is 3.66. The highest BCUT2D eigenvalue weighted by molar-refractivity contribution is 7.92. The molecule has 1 aromatic heterocycles. The van der Waals surface area contributed by atoms with Crippen molar-refractivity contribution < 1.29 is 8.42 Å². The van der Waals surface area contributed by atoms with Crippen LogP contribution in [0.1, 0.15) is 11.1 Å². The largest absolute Gasteiger partial charge is 0.337 e. The van der Waals surface area contributed by atoms with Crippen LogP contribution in [0.25, 0.3) is 11.0 Å². The van der Waals surface area contributed by atoms with Crippen LogP contribution in [0.5, 0.6) is 0 Å². The molecule has 0 aliphatic rings. The maximum Gasteiger partial charge on any atom is 0.263 e. The number of aromatic nitrogens is 2. The molecule has 30 heavy (non-hydrogen) atoms. The zero-order valence-corrected chi connectivity index (χ0v) is 17.9. The van der Waals surface area contributed by atoms with E-state index in [0.717, 1.165) is 16.8 Å². The van der Waals surface area contributed by atoms with E-state index in [1.807, 2.05) is 44.2 Å². The van der Waals surface area contributed by atoms with E-state index >= 15 is 0 Å². The molecular weight excluding hydrogens is 420 g/mol. The summed E-state index contributed by atoms with van der Waals surface area (Å²) in [5.41, 5.74) is 4.18. The number of anilines is 3. The van der Waals surface area contributed by atoms with E-state index in [1.54, 1.807) is 6.07 Å². The summed E-state index contributed by atoms with van der Waals surface area (Å²) in [6, 6.07) is 19.2. The first-order chi connectivity index (χ1) is 14.3. The SMILES string of the molecule is Cc1cc(C)cc(Nc2nc3ccccc3nc2NS(=O)(=O)c2ccc(Cl)cc2)c1. The van der Waals surface area contributed by atoms with Crippen molar-refractivity contribution in [2.45, 2.75) is 18.7 Å². The minimum atomic E-state index is -3.88. The Labute approximate surface area is 180 Å². The number of nitrogens with zero attached hydrogens (tertiary/aromatic N) is 2. The lowest BCUT2D eigenvalue weighted by molar-refractivity contribution is 0.601. The number of rotatable bonds is 5. The number of benzene rings is 3. The maximum atomic E-state index is 12.9. The van der Waals surface area contributed by atoms with Crippen molar-refractivity contribution in [2.75, 3.05) is 10.0 Å². The third-order valence-corrected chi connectivity index (χ3v) is 6.02. The predicted molar refractivity (Wildman–Crippen MR) is 121 cm³/mol. The summed E-state index contributed by atoms with van der Waals surface area (Å²) in [4.78, 5) is 9.19. The molecule has 1 heterocycles. The molecule has 8 heteroatoms. The number of nitrogens with one attached hydrogen (secondary N) is 2. The first kappa shape index (κ1) is 20.1. The fourth-order valence-corrected chi connectivity index (χ4v) is 4.28. The highest BCUT2D eigenvalue weighted by Gasteiger charge is 2.19. The molecule has 4 rings (SSSR count). The van der Waals surface area contributed by atoms with E-state index < -0.39 is 10.0 Å². The Morgan fingerprint density at radius 1 is 0.800 bits per heavy atom. The third-order valence-electron chi connectivity index (χ3n) is 4.41. The van der Waals surface area contributed by atoms with E-state index in [2.05, 4.69) is 26.1 Å². The number of hydrogen-bond donors (Lipinski definition) is 2. The highest BCUT2D eigenvalue weighted by Crippen LogP contribution is 2.28. The van der Waals surface area contributed by atoms with Gasteiger partial charge in [-0.2, -0.15) is 0 Å². The van der Waals surface area contributed by atoms with Gasteiger partial charge in [0.2, 0.25) is 0 Å². The van der Waals surface area contributed by atoms with Crippen molar-refractivity contribution in [1.29, 1.82) is 0 Å². The number of hydrogen-bond acceptors (Lipinski definition) is 5. The predicted octanol–water partition coefficient (Wildman–Crippen LogP) is 5.44. The highest BCUT2D eigenvalue weighted by atomic mass is 35.5. The van der Waals surface area contributed by atoms with Crippen molar-refractivity contribution in [2.24, 2.45) is 0 Å². The number of sulfonamides is 1. The Hall–Kier alpha value is -3.16. The number of aryl methyl sites for hydroxylation is 2. The van der Waals surface area contributed by atoms with E-state index in [-0.39, 0.29) is 10.7 Å². The van der Waals surface area contributed by atoms with Crippen LogP contribution in [-0.2, 0) is 10.0 Å². The lowest BCUT2D eigenvalue weighted by Crippen LogP contribution is -2.16. The monoisotopic (exact) mass is 438 g/mol. The molecule has 0 fully saturated rings. The molecule has 0 saturated carbocycles. The van der Waals surface area contributed by atoms with E-state index in [1.165, 1.54) is 24.3 Å². The molecule has 2 N–H and O–H groups in total. The fourth-order valence-electron chi connectivity index (χ4n) is 3.14. The average Bonchev–Trinajstić information content (AvgIpc) is 2.68. The lowest BCUT2D eigenvalue weighted by atomic mass is 10.1. The average molecular weight is 439 g/mol. The molecular formula is C22H19ClN4O2S. The van der Waals surface area contributed by atoms with Gasteiger partial charge in [0.05, 0.1) is 15.9 Å². The molecule has 0 amide bonds. The summed E-state index contributed by atoms with van der Waals surface area (Å²) in [5.74, 6) is 0.430. The van der Waals surface area contributed by atoms with Crippen molar-refractivity contribution in [3.8, 4) is 0 Å². The summed E-state index contributed by atoms with van der Waals surface area (Å²) in [6.07, 6.45) is 0. The Bertz CT molecular complexity index is 1320. The van der Waals surface area contributed by atoms with E-state index in [9.17, 15) is 8.42 Å². The summed E-state index contributed by atoms with van der Waals surface area (Å²) >= 11 is 5.88. The lowest BCUT2D eigenvalue weighted by Gasteiger charge is -2.14. The van der Waals surface area contributed by atoms with Gasteiger partial charge in [0.25, 0.3) is 10.0 Å². The standard InChI is InChI=1S/C22H19ClN4O2S/c1-14-11-15(2)13-17(12-14)24-21-22(26-20-6-4-3-5-19(20)25-21)27-30(28,29)18-9-7-16(23)8-10-18/h3-13H,1-2H3,(H,24,25)(H,26,27). The van der Waals surface area contributed by atoms with Gasteiger partial charge in [-0.15, -0.1) is 0 Å². The van der Waals surface area contributed by atoms with Crippen LogP contribution in [0, 0.1) is 13.8 Å². The molecule has 0 atom stereocenters. The van der Waals surface area contributed by atoms with Crippen LogP contribution >= 0.6 is 11.6 Å². The Balaban J connectivity index is 1.79. The molecule has 0 radical (unpaired) electrons. The smallest absolute Gasteiger partial charge is 0.263 e. The van der Waals surface area contributed by atoms with Crippen LogP contribution in [0.2, 0.25) is 5.02 Å². The second kappa shape index (κ2) is 7.93. The van der Waals surface area contributed by atoms with Gasteiger partial charge in [-0.25, -0.2) is 18.4 Å². The Morgan fingerprint density at radius 2 is 1.37 bits per heavy atom. The molecule has 4 aromatic rings. The molecule has 0 unspecified atom stereocenters. The van der Waals surface area contributed by atoms with Gasteiger partial charge in [-0.3, -0.25) is 4.72 Å². The van der Waals surface area contributed by atoms with Gasteiger partial charge in [-0.05, 0) is 73.5 Å². The van der Waals surface area contributed by atoms with Crippen LogP contribution in [-0.4, -0.2) is 18.4 Å². The number of para-hydroxylation sites is 2. The molecule has 0 saturated heterocycles. The first-order valence-electron chi connectivity index (χ1n) is 9.21. The van der Waals surface area contributed by atoms with Crippen LogP contribution in [0.3, 0.4) is 0 Å². The number of fused-ring (bicyclic) bond motifs is 1. The summed E-state index contributed by atoms with van der Waals surface area (Å²) < 4.78 is 28.4. The van der Waals surface area contributed by atoms with Crippen molar-refractivity contribution in [3.05, 3.63) is 82.9 Å². The van der Waals surface area contributed by atoms with E-state index in [4.69, 9.17) is 11.6 Å². The molecule has 0 spiro atoms. The molecule has 152 valence electrons. The van der Waals surface area contributed by atoms with Gasteiger partial charge < -0.3 is 5.32 Å². The van der Waals surface area contributed by atoms with Gasteiger partial charge in [0.1, 0.15) is 0 Å². The minimum Gasteiger partial charge on any atom is -0.337 e. The second-order valence-electron chi connectivity index (χ2n) is 6.97. The normalized spacial score (nSPS) is 11.4. The zero-order chi connectivity index (χ0) is 21.3. The first-order valence-corrected chi connectivity index (χ1v) is 11.1. The topological polar surface area (TPSA) is 84.0 Å². The molecule has 0 bridgehead atoms. The van der Waals surface area contributed by atoms with Crippen LogP contribution < -0.4 is 10.0 Å². The van der Waals surface area contributed by atoms with Crippen LogP contribution in [0.15, 0.2) is 71.6 Å². The van der Waals surface area contributed by atoms with Crippen LogP contribution in [0.4, 0.5) is 17.3 Å². The second-order valence-corrected chi connectivity index (χ2v) is 9.09.